The van der Waals surface area contributed by atoms with E-state index in [-0.39, 0.29) is 24.3 Å². The minimum Gasteiger partial charge on any atom is -0.481 e. The largest absolute Gasteiger partial charge is 0.481 e. The van der Waals surface area contributed by atoms with Crippen LogP contribution in [0.3, 0.4) is 0 Å². The van der Waals surface area contributed by atoms with Crippen molar-refractivity contribution >= 4 is 69.6 Å². The van der Waals surface area contributed by atoms with Gasteiger partial charge in [-0.3, -0.25) is 4.79 Å². The Balaban J connectivity index is 0.000000744. The highest BCUT2D eigenvalue weighted by molar-refractivity contribution is 7.29. The van der Waals surface area contributed by atoms with E-state index in [0.717, 1.165) is 50.8 Å². The Morgan fingerprint density at radius 1 is 0.587 bits per heavy atom. The number of hydrogen-bond donors (Lipinski definition) is 2. The molecule has 2 N–H and O–H groups in total. The van der Waals surface area contributed by atoms with Crippen molar-refractivity contribution in [1.29, 1.82) is 0 Å². The molecule has 230 valence electrons. The molecule has 0 atom stereocenters. The van der Waals surface area contributed by atoms with Gasteiger partial charge in [0, 0.05) is 39.0 Å². The summed E-state index contributed by atoms with van der Waals surface area (Å²) < 4.78 is 0. The van der Waals surface area contributed by atoms with Crippen LogP contribution in [-0.2, 0) is 30.4 Å². The van der Waals surface area contributed by atoms with Gasteiger partial charge in [0.05, 0.1) is 12.0 Å². The Morgan fingerprint density at radius 2 is 1.07 bits per heavy atom. The van der Waals surface area contributed by atoms with Gasteiger partial charge in [0.1, 0.15) is 0 Å². The summed E-state index contributed by atoms with van der Waals surface area (Å²) in [6, 6.07) is 29.8. The van der Waals surface area contributed by atoms with Gasteiger partial charge in [-0.2, -0.15) is 19.2 Å². The van der Waals surface area contributed by atoms with Crippen molar-refractivity contribution in [3.05, 3.63) is 108 Å². The first-order chi connectivity index (χ1) is 22.2. The number of carboxylic acids is 2. The van der Waals surface area contributed by atoms with Crippen molar-refractivity contribution in [3.63, 3.8) is 0 Å². The van der Waals surface area contributed by atoms with E-state index in [1.807, 2.05) is 36.4 Å². The van der Waals surface area contributed by atoms with E-state index < -0.39 is 11.9 Å². The topological polar surface area (TPSA) is 143 Å². The SMILES string of the molecule is Cc1cc(-c2cc(CC(=O)O)c(-c3ccc(-c4ccccc4)s3)s2)sc1-c1ccc(-c2ccc(C(=O)O)cc2)s1.O=C=O.O=C=O. The molecule has 4 heterocycles. The van der Waals surface area contributed by atoms with Crippen LogP contribution in [0.1, 0.15) is 21.5 Å². The zero-order valence-electron chi connectivity index (χ0n) is 23.8. The van der Waals surface area contributed by atoms with E-state index >= 15 is 0 Å². The number of carboxylic acid groups (broad SMARTS) is 2. The lowest BCUT2D eigenvalue weighted by atomic mass is 10.1. The van der Waals surface area contributed by atoms with Crippen molar-refractivity contribution in [2.75, 3.05) is 0 Å². The molecule has 46 heavy (non-hydrogen) atoms. The highest BCUT2D eigenvalue weighted by Crippen LogP contribution is 2.48. The monoisotopic (exact) mass is 686 g/mol. The van der Waals surface area contributed by atoms with Crippen LogP contribution in [0.15, 0.2) is 91.0 Å². The summed E-state index contributed by atoms with van der Waals surface area (Å²) in [5.74, 6) is -1.77. The Hall–Kier alpha value is -5.06. The Labute approximate surface area is 278 Å². The number of aromatic carboxylic acids is 1. The molecule has 2 aromatic carbocycles. The van der Waals surface area contributed by atoms with Gasteiger partial charge in [0.2, 0.25) is 0 Å². The molecule has 0 aliphatic rings. The number of benzene rings is 2. The highest BCUT2D eigenvalue weighted by atomic mass is 32.1. The first kappa shape index (κ1) is 33.8. The Morgan fingerprint density at radius 3 is 1.61 bits per heavy atom. The third kappa shape index (κ3) is 8.15. The van der Waals surface area contributed by atoms with Crippen LogP contribution < -0.4 is 0 Å². The third-order valence-electron chi connectivity index (χ3n) is 6.45. The van der Waals surface area contributed by atoms with E-state index in [1.165, 1.54) is 10.4 Å². The quantitative estimate of drug-likeness (QED) is 0.162. The fourth-order valence-corrected chi connectivity index (χ4v) is 9.28. The predicted octanol–water partition coefficient (Wildman–Crippen LogP) is 8.73. The minimum absolute atomic E-state index is 0.0173. The molecule has 0 aliphatic carbocycles. The third-order valence-corrected chi connectivity index (χ3v) is 11.7. The molecular formula is C34H22O8S4. The number of carbonyl (C=O) groups is 2. The van der Waals surface area contributed by atoms with Crippen LogP contribution in [0.2, 0.25) is 0 Å². The van der Waals surface area contributed by atoms with Crippen LogP contribution >= 0.6 is 45.3 Å². The molecule has 0 saturated carbocycles. The van der Waals surface area contributed by atoms with Gasteiger partial charge in [0.15, 0.2) is 0 Å². The smallest absolute Gasteiger partial charge is 0.373 e. The van der Waals surface area contributed by atoms with Gasteiger partial charge in [-0.25, -0.2) is 4.79 Å². The van der Waals surface area contributed by atoms with Gasteiger partial charge >= 0.3 is 24.2 Å². The number of aryl methyl sites for hydroxylation is 1. The summed E-state index contributed by atoms with van der Waals surface area (Å²) in [7, 11) is 0. The van der Waals surface area contributed by atoms with E-state index in [9.17, 15) is 19.8 Å². The van der Waals surface area contributed by atoms with Gasteiger partial charge in [-0.1, -0.05) is 42.5 Å². The first-order valence-corrected chi connectivity index (χ1v) is 16.5. The number of carbonyl (C=O) groups excluding carboxylic acids is 4. The van der Waals surface area contributed by atoms with Gasteiger partial charge in [-0.15, -0.1) is 45.3 Å². The maximum Gasteiger partial charge on any atom is 0.373 e. The van der Waals surface area contributed by atoms with Crippen LogP contribution in [0, 0.1) is 6.92 Å². The summed E-state index contributed by atoms with van der Waals surface area (Å²) in [5.41, 5.74) is 4.43. The summed E-state index contributed by atoms with van der Waals surface area (Å²) in [6.07, 6.45) is 0.483. The second-order valence-corrected chi connectivity index (χ2v) is 13.7. The van der Waals surface area contributed by atoms with Crippen LogP contribution in [-0.4, -0.2) is 34.5 Å². The van der Waals surface area contributed by atoms with Crippen LogP contribution in [0.5, 0.6) is 0 Å². The summed E-state index contributed by atoms with van der Waals surface area (Å²) in [6.45, 7) is 2.11. The van der Waals surface area contributed by atoms with Gasteiger partial charge in [0.25, 0.3) is 0 Å². The Bertz CT molecular complexity index is 2020. The lowest BCUT2D eigenvalue weighted by Gasteiger charge is -1.99. The second-order valence-electron chi connectivity index (χ2n) is 9.40. The number of aliphatic carboxylic acids is 1. The van der Waals surface area contributed by atoms with Crippen LogP contribution in [0.4, 0.5) is 0 Å². The maximum absolute atomic E-state index is 11.7. The lowest BCUT2D eigenvalue weighted by molar-refractivity contribution is -0.193. The zero-order chi connectivity index (χ0) is 33.2. The van der Waals surface area contributed by atoms with Crippen LogP contribution in [0.25, 0.3) is 50.1 Å². The van der Waals surface area contributed by atoms with E-state index in [1.54, 1.807) is 57.5 Å². The molecule has 0 unspecified atom stereocenters. The standard InChI is InChI=1S/C32H22O4S4.2CO2/c1-18-15-27(39-30(18)25-13-11-24(37-25)20-7-9-21(10-8-20)32(35)36)28-16-22(17-29(33)34)31(40-28)26-14-12-23(38-26)19-5-3-2-4-6-19;2*2-1-3/h2-16H,17H2,1H3,(H,33,34)(H,35,36);;. The fourth-order valence-electron chi connectivity index (χ4n) is 4.51. The van der Waals surface area contributed by atoms with Crippen molar-refractivity contribution in [3.8, 4) is 50.1 Å². The summed E-state index contributed by atoms with van der Waals surface area (Å²) in [5, 5.41) is 18.8. The van der Waals surface area contributed by atoms with Crippen molar-refractivity contribution in [1.82, 2.24) is 0 Å². The summed E-state index contributed by atoms with van der Waals surface area (Å²) in [4.78, 5) is 64.3. The first-order valence-electron chi connectivity index (χ1n) is 13.2. The lowest BCUT2D eigenvalue weighted by Crippen LogP contribution is -1.99. The van der Waals surface area contributed by atoms with E-state index in [0.29, 0.717) is 0 Å². The molecule has 4 aromatic heterocycles. The molecular weight excluding hydrogens is 665 g/mol. The molecule has 0 saturated heterocycles. The molecule has 0 radical (unpaired) electrons. The average molecular weight is 687 g/mol. The minimum atomic E-state index is -0.931. The van der Waals surface area contributed by atoms with Crippen molar-refractivity contribution in [2.24, 2.45) is 0 Å². The molecule has 0 spiro atoms. The summed E-state index contributed by atoms with van der Waals surface area (Å²) >= 11 is 6.74. The average Bonchev–Trinajstić information content (AvgIpc) is 3.84. The highest BCUT2D eigenvalue weighted by Gasteiger charge is 2.20. The molecule has 6 aromatic rings. The predicted molar refractivity (Wildman–Crippen MR) is 178 cm³/mol. The molecule has 6 rings (SSSR count). The number of hydrogen-bond acceptors (Lipinski definition) is 10. The van der Waals surface area contributed by atoms with Gasteiger partial charge in [-0.05, 0) is 77.7 Å². The fraction of sp³-hybridized carbons (Fsp3) is 0.0588. The normalized spacial score (nSPS) is 10.0. The molecule has 0 fully saturated rings. The molecule has 0 amide bonds. The molecule has 8 nitrogen and oxygen atoms in total. The van der Waals surface area contributed by atoms with Crippen molar-refractivity contribution < 1.29 is 39.0 Å². The Kier molecular flexibility index (Phi) is 11.6. The molecule has 0 aliphatic heterocycles. The second kappa shape index (κ2) is 15.8. The van der Waals surface area contributed by atoms with E-state index in [2.05, 4.69) is 49.4 Å². The molecule has 0 bridgehead atoms. The van der Waals surface area contributed by atoms with Gasteiger partial charge < -0.3 is 10.2 Å². The van der Waals surface area contributed by atoms with Crippen molar-refractivity contribution in [2.45, 2.75) is 13.3 Å². The maximum atomic E-state index is 11.7. The number of rotatable bonds is 8. The zero-order valence-corrected chi connectivity index (χ0v) is 27.1. The molecule has 12 heteroatoms. The number of thiophene rings is 4. The van der Waals surface area contributed by atoms with E-state index in [4.69, 9.17) is 19.2 Å².